The van der Waals surface area contributed by atoms with Gasteiger partial charge in [0.25, 0.3) is 0 Å². The van der Waals surface area contributed by atoms with Crippen molar-refractivity contribution in [3.63, 3.8) is 0 Å². The van der Waals surface area contributed by atoms with Gasteiger partial charge in [-0.15, -0.1) is 11.6 Å². The molecule has 1 atom stereocenters. The number of hydrogen-bond donors (Lipinski definition) is 0. The minimum absolute atomic E-state index is 0.0342. The maximum absolute atomic E-state index is 13.9. The minimum Gasteiger partial charge on any atom is -0.494 e. The fourth-order valence-corrected chi connectivity index (χ4v) is 3.17. The van der Waals surface area contributed by atoms with Gasteiger partial charge in [0.2, 0.25) is 0 Å². The second-order valence-electron chi connectivity index (χ2n) is 6.65. The summed E-state index contributed by atoms with van der Waals surface area (Å²) < 4.78 is 52.8. The van der Waals surface area contributed by atoms with Crippen LogP contribution in [0, 0.1) is 6.42 Å². The molecule has 0 heterocycles. The first-order valence-electron chi connectivity index (χ1n) is 9.47. The number of rotatable bonds is 8. The minimum atomic E-state index is -4.64. The molecule has 6 heteroatoms. The molecule has 0 amide bonds. The molecule has 0 aliphatic carbocycles. The molecule has 0 spiro atoms. The third kappa shape index (κ3) is 5.28. The first kappa shape index (κ1) is 22.0. The molecule has 0 aliphatic rings. The Morgan fingerprint density at radius 3 is 2.13 bits per heavy atom. The monoisotopic (exact) mass is 433 g/mol. The van der Waals surface area contributed by atoms with E-state index in [1.165, 1.54) is 30.7 Å². The summed E-state index contributed by atoms with van der Waals surface area (Å²) in [6.07, 6.45) is -3.61. The van der Waals surface area contributed by atoms with Gasteiger partial charge in [0.1, 0.15) is 17.2 Å². The molecule has 3 rings (SSSR count). The number of alkyl halides is 4. The number of benzene rings is 3. The van der Waals surface area contributed by atoms with E-state index in [1.807, 2.05) is 18.2 Å². The molecular weight excluding hydrogens is 413 g/mol. The highest BCUT2D eigenvalue weighted by Gasteiger charge is 2.54. The molecular formula is C24H21ClF3O2. The van der Waals surface area contributed by atoms with Crippen molar-refractivity contribution >= 4 is 11.6 Å². The van der Waals surface area contributed by atoms with Crippen LogP contribution in [0.3, 0.4) is 0 Å². The summed E-state index contributed by atoms with van der Waals surface area (Å²) in [7, 11) is 0. The molecule has 30 heavy (non-hydrogen) atoms. The molecule has 2 nitrogen and oxygen atoms in total. The highest BCUT2D eigenvalue weighted by Crippen LogP contribution is 2.48. The van der Waals surface area contributed by atoms with Gasteiger partial charge in [-0.25, -0.2) is 0 Å². The number of hydrogen-bond acceptors (Lipinski definition) is 2. The summed E-state index contributed by atoms with van der Waals surface area (Å²) in [5, 5.41) is 0. The lowest BCUT2D eigenvalue weighted by atomic mass is 9.90. The van der Waals surface area contributed by atoms with Gasteiger partial charge in [-0.1, -0.05) is 42.5 Å². The van der Waals surface area contributed by atoms with Crippen LogP contribution in [0.25, 0.3) is 0 Å². The summed E-state index contributed by atoms with van der Waals surface area (Å²) in [4.78, 5) is -2.55. The van der Waals surface area contributed by atoms with E-state index in [0.717, 1.165) is 0 Å². The van der Waals surface area contributed by atoms with E-state index in [4.69, 9.17) is 21.1 Å². The van der Waals surface area contributed by atoms with Crippen LogP contribution < -0.4 is 9.47 Å². The zero-order valence-corrected chi connectivity index (χ0v) is 17.1. The number of halogens is 4. The van der Waals surface area contributed by atoms with Crippen LogP contribution in [0.1, 0.15) is 24.5 Å². The van der Waals surface area contributed by atoms with Gasteiger partial charge in [-0.2, -0.15) is 13.2 Å². The number of ether oxygens (including phenoxy) is 2. The standard InChI is InChI=1S/C24H21ClF3O2/c1-2-29-20-13-11-19(12-14-20)23(25,24(26,27)28)16-15-18-7-6-10-22(17-18)30-21-8-4-3-5-9-21/h3-15,17H,2,16H2,1H3. The fourth-order valence-electron chi connectivity index (χ4n) is 2.97. The summed E-state index contributed by atoms with van der Waals surface area (Å²) in [5.41, 5.74) is 0.553. The third-order valence-electron chi connectivity index (χ3n) is 4.53. The Hall–Kier alpha value is -2.66. The van der Waals surface area contributed by atoms with Crippen LogP contribution in [-0.2, 0) is 4.87 Å². The molecule has 3 aromatic rings. The van der Waals surface area contributed by atoms with E-state index in [0.29, 0.717) is 29.4 Å². The molecule has 0 saturated carbocycles. The van der Waals surface area contributed by atoms with Crippen molar-refractivity contribution in [3.8, 4) is 17.2 Å². The van der Waals surface area contributed by atoms with Gasteiger partial charge >= 0.3 is 6.18 Å². The Kier molecular flexibility index (Phi) is 6.93. The molecule has 0 saturated heterocycles. The lowest BCUT2D eigenvalue weighted by molar-refractivity contribution is -0.164. The Morgan fingerprint density at radius 2 is 1.50 bits per heavy atom. The van der Waals surface area contributed by atoms with Crippen molar-refractivity contribution < 1.29 is 22.6 Å². The average Bonchev–Trinajstić information content (AvgIpc) is 2.73. The van der Waals surface area contributed by atoms with Crippen LogP contribution in [-0.4, -0.2) is 12.8 Å². The smallest absolute Gasteiger partial charge is 0.411 e. The fraction of sp³-hybridized carbons (Fsp3) is 0.208. The Balaban J connectivity index is 1.77. The van der Waals surface area contributed by atoms with Crippen molar-refractivity contribution in [1.29, 1.82) is 0 Å². The molecule has 3 aromatic carbocycles. The van der Waals surface area contributed by atoms with Gasteiger partial charge in [-0.05, 0) is 67.3 Å². The zero-order chi connectivity index (χ0) is 21.6. The Labute approximate surface area is 179 Å². The zero-order valence-electron chi connectivity index (χ0n) is 16.3. The van der Waals surface area contributed by atoms with Crippen molar-refractivity contribution in [2.75, 3.05) is 6.61 Å². The topological polar surface area (TPSA) is 18.5 Å². The van der Waals surface area contributed by atoms with Gasteiger partial charge in [0.15, 0.2) is 4.87 Å². The second-order valence-corrected chi connectivity index (χ2v) is 7.30. The summed E-state index contributed by atoms with van der Waals surface area (Å²) in [6, 6.07) is 21.7. The van der Waals surface area contributed by atoms with Gasteiger partial charge in [0, 0.05) is 0 Å². The maximum atomic E-state index is 13.9. The highest BCUT2D eigenvalue weighted by molar-refractivity contribution is 6.24. The molecule has 157 valence electrons. The number of para-hydroxylation sites is 1. The van der Waals surface area contributed by atoms with Crippen molar-refractivity contribution in [1.82, 2.24) is 0 Å². The Morgan fingerprint density at radius 1 is 0.833 bits per heavy atom. The lowest BCUT2D eigenvalue weighted by Crippen LogP contribution is -2.37. The third-order valence-corrected chi connectivity index (χ3v) is 5.12. The van der Waals surface area contributed by atoms with Gasteiger partial charge in [0.05, 0.1) is 6.61 Å². The largest absolute Gasteiger partial charge is 0.494 e. The molecule has 1 unspecified atom stereocenters. The predicted molar refractivity (Wildman–Crippen MR) is 112 cm³/mol. The van der Waals surface area contributed by atoms with Gasteiger partial charge < -0.3 is 9.47 Å². The van der Waals surface area contributed by atoms with E-state index in [1.54, 1.807) is 43.3 Å². The molecule has 0 N–H and O–H groups in total. The van der Waals surface area contributed by atoms with Crippen LogP contribution in [0.2, 0.25) is 0 Å². The van der Waals surface area contributed by atoms with Crippen LogP contribution in [0.5, 0.6) is 17.2 Å². The van der Waals surface area contributed by atoms with Crippen LogP contribution >= 0.6 is 11.6 Å². The summed E-state index contributed by atoms with van der Waals surface area (Å²) in [6.45, 7) is 2.24. The summed E-state index contributed by atoms with van der Waals surface area (Å²) in [5.74, 6) is 1.67. The Bertz CT molecular complexity index is 943. The maximum Gasteiger partial charge on any atom is 0.411 e. The highest BCUT2D eigenvalue weighted by atomic mass is 35.5. The molecule has 0 aliphatic heterocycles. The normalized spacial score (nSPS) is 13.5. The second kappa shape index (κ2) is 9.43. The first-order chi connectivity index (χ1) is 14.3. The summed E-state index contributed by atoms with van der Waals surface area (Å²) >= 11 is 6.16. The van der Waals surface area contributed by atoms with E-state index in [2.05, 4.69) is 0 Å². The molecule has 1 radical (unpaired) electrons. The van der Waals surface area contributed by atoms with E-state index in [-0.39, 0.29) is 5.56 Å². The van der Waals surface area contributed by atoms with Crippen LogP contribution in [0.15, 0.2) is 78.9 Å². The molecule has 0 fully saturated rings. The SMILES string of the molecule is CCOc1ccc(C(Cl)(C[CH]c2cccc(Oc3ccccc3)c2)C(F)(F)F)cc1. The molecule has 0 aromatic heterocycles. The van der Waals surface area contributed by atoms with E-state index < -0.39 is 17.5 Å². The van der Waals surface area contributed by atoms with E-state index in [9.17, 15) is 13.2 Å². The first-order valence-corrected chi connectivity index (χ1v) is 9.85. The van der Waals surface area contributed by atoms with Gasteiger partial charge in [-0.3, -0.25) is 0 Å². The van der Waals surface area contributed by atoms with E-state index >= 15 is 0 Å². The van der Waals surface area contributed by atoms with Crippen LogP contribution in [0.4, 0.5) is 13.2 Å². The van der Waals surface area contributed by atoms with Crippen molar-refractivity contribution in [2.45, 2.75) is 24.4 Å². The van der Waals surface area contributed by atoms with Crippen molar-refractivity contribution in [2.24, 2.45) is 0 Å². The lowest BCUT2D eigenvalue weighted by Gasteiger charge is -2.30. The molecule has 0 bridgehead atoms. The quantitative estimate of drug-likeness (QED) is 0.342. The average molecular weight is 434 g/mol. The van der Waals surface area contributed by atoms with Crippen molar-refractivity contribution in [3.05, 3.63) is 96.4 Å². The predicted octanol–water partition coefficient (Wildman–Crippen LogP) is 7.52.